The molecule has 1 fully saturated rings. The number of thiazole rings is 1. The maximum absolute atomic E-state index is 12.1. The monoisotopic (exact) mass is 371 g/mol. The molecule has 0 N–H and O–H groups in total. The topological polar surface area (TPSA) is 54.8 Å². The molecule has 2 aromatic rings. The van der Waals surface area contributed by atoms with Crippen LogP contribution in [0, 0.1) is 0 Å². The van der Waals surface area contributed by atoms with Crippen LogP contribution in [0.25, 0.3) is 0 Å². The first-order valence-corrected chi connectivity index (χ1v) is 9.95. The van der Waals surface area contributed by atoms with E-state index >= 15 is 0 Å². The summed E-state index contributed by atoms with van der Waals surface area (Å²) in [6, 6.07) is 10.5. The van der Waals surface area contributed by atoms with Crippen LogP contribution in [-0.2, 0) is 9.63 Å². The molecule has 1 unspecified atom stereocenters. The molecule has 0 radical (unpaired) electrons. The van der Waals surface area contributed by atoms with E-state index in [-0.39, 0.29) is 12.5 Å². The van der Waals surface area contributed by atoms with Crippen molar-refractivity contribution in [3.63, 3.8) is 0 Å². The molecule has 1 atom stereocenters. The van der Waals surface area contributed by atoms with Crippen molar-refractivity contribution in [3.8, 4) is 0 Å². The highest BCUT2D eigenvalue weighted by molar-refractivity contribution is 7.09. The third-order valence-electron chi connectivity index (χ3n) is 4.85. The lowest BCUT2D eigenvalue weighted by Crippen LogP contribution is -2.39. The highest BCUT2D eigenvalue weighted by Crippen LogP contribution is 2.33. The Balaban J connectivity index is 1.55. The maximum atomic E-state index is 12.1. The number of hydrogen-bond donors (Lipinski definition) is 0. The Kier molecular flexibility index (Phi) is 6.39. The van der Waals surface area contributed by atoms with E-state index in [2.05, 4.69) is 41.7 Å². The van der Waals surface area contributed by atoms with E-state index in [1.165, 1.54) is 16.8 Å². The molecule has 0 bridgehead atoms. The molecule has 1 saturated heterocycles. The van der Waals surface area contributed by atoms with E-state index in [0.717, 1.165) is 31.6 Å². The number of carbonyl (C=O) groups is 1. The van der Waals surface area contributed by atoms with E-state index in [0.29, 0.717) is 11.8 Å². The minimum Gasteiger partial charge on any atom is -0.386 e. The molecule has 1 aliphatic heterocycles. The van der Waals surface area contributed by atoms with Gasteiger partial charge in [-0.15, -0.1) is 11.3 Å². The quantitative estimate of drug-likeness (QED) is 0.569. The minimum absolute atomic E-state index is 0.00609. The fourth-order valence-corrected chi connectivity index (χ4v) is 4.32. The van der Waals surface area contributed by atoms with E-state index in [9.17, 15) is 4.79 Å². The number of amides is 1. The highest BCUT2D eigenvalue weighted by atomic mass is 32.1. The van der Waals surface area contributed by atoms with Gasteiger partial charge in [-0.05, 0) is 25.3 Å². The average molecular weight is 372 g/mol. The molecule has 2 heterocycles. The van der Waals surface area contributed by atoms with Gasteiger partial charge in [-0.1, -0.05) is 42.4 Å². The van der Waals surface area contributed by atoms with Crippen molar-refractivity contribution in [2.24, 2.45) is 5.16 Å². The number of piperidine rings is 1. The molecule has 0 spiro atoms. The Morgan fingerprint density at radius 3 is 2.81 bits per heavy atom. The summed E-state index contributed by atoms with van der Waals surface area (Å²) < 4.78 is 0. The van der Waals surface area contributed by atoms with Gasteiger partial charge < -0.3 is 9.74 Å². The van der Waals surface area contributed by atoms with Crippen molar-refractivity contribution in [2.75, 3.05) is 19.7 Å². The van der Waals surface area contributed by atoms with Crippen LogP contribution in [-0.4, -0.2) is 41.7 Å². The zero-order valence-electron chi connectivity index (χ0n) is 15.3. The first-order valence-electron chi connectivity index (χ1n) is 9.07. The van der Waals surface area contributed by atoms with Crippen molar-refractivity contribution in [1.82, 2.24) is 9.88 Å². The van der Waals surface area contributed by atoms with E-state index in [1.807, 2.05) is 11.0 Å². The Labute approximate surface area is 158 Å². The lowest BCUT2D eigenvalue weighted by Gasteiger charge is -2.30. The summed E-state index contributed by atoms with van der Waals surface area (Å²) in [5.41, 5.74) is 2.43. The summed E-state index contributed by atoms with van der Waals surface area (Å²) in [5, 5.41) is 7.01. The molecule has 3 rings (SSSR count). The molecule has 138 valence electrons. The SMILES string of the molecule is C/C=N/OCC(=O)N1CCC(c2nc(C(C)c3ccccc3)cs2)CC1. The van der Waals surface area contributed by atoms with Gasteiger partial charge in [-0.2, -0.15) is 0 Å². The number of hydrogen-bond acceptors (Lipinski definition) is 5. The van der Waals surface area contributed by atoms with Crippen molar-refractivity contribution >= 4 is 23.5 Å². The fourth-order valence-electron chi connectivity index (χ4n) is 3.23. The molecular formula is C20H25N3O2S. The number of carbonyl (C=O) groups excluding carboxylic acids is 1. The molecule has 6 heteroatoms. The fraction of sp³-hybridized carbons (Fsp3) is 0.450. The molecule has 26 heavy (non-hydrogen) atoms. The summed E-state index contributed by atoms with van der Waals surface area (Å²) in [6.45, 7) is 5.49. The predicted molar refractivity (Wildman–Crippen MR) is 105 cm³/mol. The van der Waals surface area contributed by atoms with Gasteiger partial charge in [0.1, 0.15) is 0 Å². The smallest absolute Gasteiger partial charge is 0.263 e. The van der Waals surface area contributed by atoms with Crippen molar-refractivity contribution in [1.29, 1.82) is 0 Å². The number of aromatic nitrogens is 1. The molecule has 1 amide bonds. The second-order valence-corrected chi connectivity index (χ2v) is 7.42. The number of oxime groups is 1. The van der Waals surface area contributed by atoms with Crippen LogP contribution in [0.2, 0.25) is 0 Å². The van der Waals surface area contributed by atoms with Crippen LogP contribution in [0.15, 0.2) is 40.9 Å². The Bertz CT molecular complexity index is 737. The van der Waals surface area contributed by atoms with Gasteiger partial charge in [0.15, 0.2) is 6.61 Å². The second kappa shape index (κ2) is 8.94. The summed E-state index contributed by atoms with van der Waals surface area (Å²) in [5.74, 6) is 0.751. The molecule has 5 nitrogen and oxygen atoms in total. The predicted octanol–water partition coefficient (Wildman–Crippen LogP) is 4.02. The first kappa shape index (κ1) is 18.6. The lowest BCUT2D eigenvalue weighted by atomic mass is 9.96. The Hall–Kier alpha value is -2.21. The zero-order valence-corrected chi connectivity index (χ0v) is 16.1. The van der Waals surface area contributed by atoms with E-state index in [1.54, 1.807) is 18.3 Å². The summed E-state index contributed by atoms with van der Waals surface area (Å²) in [7, 11) is 0. The first-order chi connectivity index (χ1) is 12.7. The average Bonchev–Trinajstić information content (AvgIpc) is 3.18. The third-order valence-corrected chi connectivity index (χ3v) is 5.87. The van der Waals surface area contributed by atoms with Gasteiger partial charge in [-0.25, -0.2) is 4.98 Å². The number of nitrogens with zero attached hydrogens (tertiary/aromatic N) is 3. The van der Waals surface area contributed by atoms with Crippen molar-refractivity contribution in [2.45, 2.75) is 38.5 Å². The van der Waals surface area contributed by atoms with Crippen molar-refractivity contribution < 1.29 is 9.63 Å². The zero-order chi connectivity index (χ0) is 18.4. The lowest BCUT2D eigenvalue weighted by molar-refractivity contribution is -0.137. The van der Waals surface area contributed by atoms with Crippen molar-refractivity contribution in [3.05, 3.63) is 52.0 Å². The van der Waals surface area contributed by atoms with Crippen LogP contribution in [0.1, 0.15) is 54.8 Å². The second-order valence-electron chi connectivity index (χ2n) is 6.54. The van der Waals surface area contributed by atoms with Crippen LogP contribution in [0.3, 0.4) is 0 Å². The molecule has 0 aliphatic carbocycles. The Morgan fingerprint density at radius 1 is 1.38 bits per heavy atom. The normalized spacial score (nSPS) is 16.8. The standard InChI is InChI=1S/C20H25N3O2S/c1-3-21-25-13-19(24)23-11-9-17(10-12-23)20-22-18(14-26-20)15(2)16-7-5-4-6-8-16/h3-8,14-15,17H,9-13H2,1-2H3/b21-3+. The number of rotatable bonds is 6. The Morgan fingerprint density at radius 2 is 2.12 bits per heavy atom. The largest absolute Gasteiger partial charge is 0.386 e. The summed E-state index contributed by atoms with van der Waals surface area (Å²) in [4.78, 5) is 23.8. The summed E-state index contributed by atoms with van der Waals surface area (Å²) >= 11 is 1.75. The van der Waals surface area contributed by atoms with Gasteiger partial charge in [0.25, 0.3) is 5.91 Å². The molecule has 1 aromatic carbocycles. The van der Waals surface area contributed by atoms with E-state index in [4.69, 9.17) is 9.82 Å². The van der Waals surface area contributed by atoms with Gasteiger partial charge in [0.05, 0.1) is 10.7 Å². The van der Waals surface area contributed by atoms with Gasteiger partial charge in [-0.3, -0.25) is 4.79 Å². The summed E-state index contributed by atoms with van der Waals surface area (Å²) in [6.07, 6.45) is 3.45. The molecule has 1 aliphatic rings. The van der Waals surface area contributed by atoms with Gasteiger partial charge in [0.2, 0.25) is 0 Å². The van der Waals surface area contributed by atoms with E-state index < -0.39 is 0 Å². The van der Waals surface area contributed by atoms with Crippen LogP contribution >= 0.6 is 11.3 Å². The number of likely N-dealkylation sites (tertiary alicyclic amines) is 1. The van der Waals surface area contributed by atoms with Crippen LogP contribution < -0.4 is 0 Å². The van der Waals surface area contributed by atoms with Gasteiger partial charge in [0, 0.05) is 36.5 Å². The number of benzene rings is 1. The van der Waals surface area contributed by atoms with Crippen LogP contribution in [0.4, 0.5) is 0 Å². The maximum Gasteiger partial charge on any atom is 0.263 e. The third kappa shape index (κ3) is 4.49. The van der Waals surface area contributed by atoms with Crippen LogP contribution in [0.5, 0.6) is 0 Å². The molecular weight excluding hydrogens is 346 g/mol. The minimum atomic E-state index is 0.00609. The van der Waals surface area contributed by atoms with Gasteiger partial charge >= 0.3 is 0 Å². The molecule has 1 aromatic heterocycles. The highest BCUT2D eigenvalue weighted by Gasteiger charge is 2.26. The molecule has 0 saturated carbocycles.